The second-order valence-corrected chi connectivity index (χ2v) is 4.51. The smallest absolute Gasteiger partial charge is 0.224 e. The number of carbonyl (C=O) groups is 1. The lowest BCUT2D eigenvalue weighted by molar-refractivity contribution is -0.132. The zero-order valence-electron chi connectivity index (χ0n) is 9.56. The number of carbonyl (C=O) groups excluding carboxylic acids is 1. The van der Waals surface area contributed by atoms with E-state index in [1.165, 1.54) is 0 Å². The molecule has 0 aromatic carbocycles. The van der Waals surface area contributed by atoms with Gasteiger partial charge in [0.05, 0.1) is 12.8 Å². The molecule has 1 heterocycles. The number of amides is 1. The topological polar surface area (TPSA) is 59.5 Å². The van der Waals surface area contributed by atoms with Gasteiger partial charge in [-0.05, 0) is 31.9 Å². The Hall–Kier alpha value is -1.29. The third-order valence-corrected chi connectivity index (χ3v) is 2.71. The summed E-state index contributed by atoms with van der Waals surface area (Å²) in [7, 11) is 0. The fourth-order valence-corrected chi connectivity index (χ4v) is 1.77. The highest BCUT2D eigenvalue weighted by Crippen LogP contribution is 2.29. The van der Waals surface area contributed by atoms with Crippen LogP contribution in [0.25, 0.3) is 0 Å². The van der Waals surface area contributed by atoms with E-state index in [2.05, 4.69) is 0 Å². The molecule has 0 bridgehead atoms. The van der Waals surface area contributed by atoms with E-state index in [0.717, 1.165) is 18.6 Å². The fourth-order valence-electron chi connectivity index (χ4n) is 1.77. The summed E-state index contributed by atoms with van der Waals surface area (Å²) in [5.74, 6) is 0.971. The second kappa shape index (κ2) is 4.70. The van der Waals surface area contributed by atoms with Crippen molar-refractivity contribution in [1.29, 1.82) is 0 Å². The number of rotatable bonds is 5. The molecule has 2 rings (SSSR count). The SMILES string of the molecule is CC(N)CC(=O)N(Cc1ccco1)C1CC1. The van der Waals surface area contributed by atoms with Gasteiger partial charge in [0.25, 0.3) is 0 Å². The van der Waals surface area contributed by atoms with E-state index in [9.17, 15) is 4.79 Å². The second-order valence-electron chi connectivity index (χ2n) is 4.51. The first-order valence-electron chi connectivity index (χ1n) is 5.74. The largest absolute Gasteiger partial charge is 0.467 e. The van der Waals surface area contributed by atoms with Crippen molar-refractivity contribution in [2.45, 2.75) is 44.8 Å². The molecular weight excluding hydrogens is 204 g/mol. The number of furan rings is 1. The highest BCUT2D eigenvalue weighted by Gasteiger charge is 2.33. The summed E-state index contributed by atoms with van der Waals surface area (Å²) in [6, 6.07) is 4.06. The summed E-state index contributed by atoms with van der Waals surface area (Å²) >= 11 is 0. The summed E-state index contributed by atoms with van der Waals surface area (Å²) in [5.41, 5.74) is 5.65. The molecule has 4 nitrogen and oxygen atoms in total. The molecule has 0 spiro atoms. The van der Waals surface area contributed by atoms with Crippen LogP contribution in [0.1, 0.15) is 31.9 Å². The summed E-state index contributed by atoms with van der Waals surface area (Å²) in [6.07, 6.45) is 4.25. The molecule has 0 aliphatic heterocycles. The van der Waals surface area contributed by atoms with Crippen LogP contribution in [0.4, 0.5) is 0 Å². The third-order valence-electron chi connectivity index (χ3n) is 2.71. The van der Waals surface area contributed by atoms with E-state index in [-0.39, 0.29) is 11.9 Å². The van der Waals surface area contributed by atoms with E-state index in [1.54, 1.807) is 6.26 Å². The Labute approximate surface area is 95.4 Å². The maximum Gasteiger partial charge on any atom is 0.224 e. The first kappa shape index (κ1) is 11.2. The molecule has 0 radical (unpaired) electrons. The molecule has 1 aromatic rings. The van der Waals surface area contributed by atoms with Crippen molar-refractivity contribution in [3.8, 4) is 0 Å². The van der Waals surface area contributed by atoms with Crippen molar-refractivity contribution in [3.05, 3.63) is 24.2 Å². The van der Waals surface area contributed by atoms with Gasteiger partial charge in [-0.3, -0.25) is 4.79 Å². The zero-order chi connectivity index (χ0) is 11.5. The molecule has 4 heteroatoms. The average molecular weight is 222 g/mol. The van der Waals surface area contributed by atoms with Crippen LogP contribution in [-0.2, 0) is 11.3 Å². The minimum absolute atomic E-state index is 0.0784. The van der Waals surface area contributed by atoms with Crippen molar-refractivity contribution in [2.24, 2.45) is 5.73 Å². The van der Waals surface area contributed by atoms with Gasteiger partial charge >= 0.3 is 0 Å². The summed E-state index contributed by atoms with van der Waals surface area (Å²) < 4.78 is 5.27. The van der Waals surface area contributed by atoms with Crippen LogP contribution in [-0.4, -0.2) is 22.9 Å². The van der Waals surface area contributed by atoms with Crippen LogP contribution in [0.15, 0.2) is 22.8 Å². The first-order valence-corrected chi connectivity index (χ1v) is 5.74. The summed E-state index contributed by atoms with van der Waals surface area (Å²) in [6.45, 7) is 2.43. The van der Waals surface area contributed by atoms with Gasteiger partial charge in [-0.15, -0.1) is 0 Å². The van der Waals surface area contributed by atoms with Crippen molar-refractivity contribution in [1.82, 2.24) is 4.90 Å². The lowest BCUT2D eigenvalue weighted by Gasteiger charge is -2.22. The maximum absolute atomic E-state index is 12.0. The quantitative estimate of drug-likeness (QED) is 0.821. The standard InChI is InChI=1S/C12H18N2O2/c1-9(13)7-12(15)14(10-4-5-10)8-11-3-2-6-16-11/h2-3,6,9-10H,4-5,7-8,13H2,1H3. The van der Waals surface area contributed by atoms with Gasteiger partial charge in [0, 0.05) is 18.5 Å². The van der Waals surface area contributed by atoms with Crippen molar-refractivity contribution < 1.29 is 9.21 Å². The van der Waals surface area contributed by atoms with Crippen molar-refractivity contribution in [2.75, 3.05) is 0 Å². The van der Waals surface area contributed by atoms with Gasteiger partial charge in [0.2, 0.25) is 5.91 Å². The van der Waals surface area contributed by atoms with Crippen LogP contribution in [0.3, 0.4) is 0 Å². The van der Waals surface area contributed by atoms with Gasteiger partial charge in [-0.1, -0.05) is 0 Å². The van der Waals surface area contributed by atoms with Crippen LogP contribution in [0, 0.1) is 0 Å². The zero-order valence-corrected chi connectivity index (χ0v) is 9.56. The first-order chi connectivity index (χ1) is 7.66. The minimum atomic E-state index is -0.0784. The van der Waals surface area contributed by atoms with E-state index in [0.29, 0.717) is 19.0 Å². The maximum atomic E-state index is 12.0. The number of nitrogens with two attached hydrogens (primary N) is 1. The van der Waals surface area contributed by atoms with Gasteiger partial charge < -0.3 is 15.1 Å². The Morgan fingerprint density at radius 1 is 1.69 bits per heavy atom. The molecule has 1 aromatic heterocycles. The van der Waals surface area contributed by atoms with Crippen LogP contribution in [0.5, 0.6) is 0 Å². The third kappa shape index (κ3) is 2.85. The molecule has 16 heavy (non-hydrogen) atoms. The lowest BCUT2D eigenvalue weighted by Crippen LogP contribution is -2.35. The fraction of sp³-hybridized carbons (Fsp3) is 0.583. The molecular formula is C12H18N2O2. The van der Waals surface area contributed by atoms with Crippen LogP contribution >= 0.6 is 0 Å². The predicted octanol–water partition coefficient (Wildman–Crippen LogP) is 1.51. The molecule has 1 aliphatic rings. The molecule has 1 atom stereocenters. The van der Waals surface area contributed by atoms with Crippen LogP contribution < -0.4 is 5.73 Å². The normalized spacial score (nSPS) is 17.1. The number of hydrogen-bond acceptors (Lipinski definition) is 3. The molecule has 1 unspecified atom stereocenters. The Bertz CT molecular complexity index is 342. The van der Waals surface area contributed by atoms with Gasteiger partial charge in [-0.2, -0.15) is 0 Å². The molecule has 1 amide bonds. The monoisotopic (exact) mass is 222 g/mol. The molecule has 0 saturated heterocycles. The van der Waals surface area contributed by atoms with Crippen molar-refractivity contribution >= 4 is 5.91 Å². The Kier molecular flexibility index (Phi) is 3.29. The predicted molar refractivity (Wildman–Crippen MR) is 60.5 cm³/mol. The van der Waals surface area contributed by atoms with E-state index >= 15 is 0 Å². The van der Waals surface area contributed by atoms with Gasteiger partial charge in [-0.25, -0.2) is 0 Å². The average Bonchev–Trinajstić information content (AvgIpc) is 2.91. The highest BCUT2D eigenvalue weighted by atomic mass is 16.3. The summed E-state index contributed by atoms with van der Waals surface area (Å²) in [4.78, 5) is 13.9. The van der Waals surface area contributed by atoms with E-state index in [4.69, 9.17) is 10.2 Å². The molecule has 1 fully saturated rings. The van der Waals surface area contributed by atoms with Crippen molar-refractivity contribution in [3.63, 3.8) is 0 Å². The van der Waals surface area contributed by atoms with E-state index < -0.39 is 0 Å². The molecule has 1 saturated carbocycles. The number of nitrogens with zero attached hydrogens (tertiary/aromatic N) is 1. The molecule has 2 N–H and O–H groups in total. The highest BCUT2D eigenvalue weighted by molar-refractivity contribution is 5.77. The Morgan fingerprint density at radius 3 is 2.94 bits per heavy atom. The molecule has 1 aliphatic carbocycles. The lowest BCUT2D eigenvalue weighted by atomic mass is 10.2. The van der Waals surface area contributed by atoms with Gasteiger partial charge in [0.15, 0.2) is 0 Å². The summed E-state index contributed by atoms with van der Waals surface area (Å²) in [5, 5.41) is 0. The Morgan fingerprint density at radius 2 is 2.44 bits per heavy atom. The molecule has 88 valence electrons. The van der Waals surface area contributed by atoms with Crippen LogP contribution in [0.2, 0.25) is 0 Å². The van der Waals surface area contributed by atoms with E-state index in [1.807, 2.05) is 24.0 Å². The number of hydrogen-bond donors (Lipinski definition) is 1. The Balaban J connectivity index is 1.97. The van der Waals surface area contributed by atoms with Gasteiger partial charge in [0.1, 0.15) is 5.76 Å². The minimum Gasteiger partial charge on any atom is -0.467 e.